The average Bonchev–Trinajstić information content (AvgIpc) is 3.06. The van der Waals surface area contributed by atoms with Crippen molar-refractivity contribution in [3.63, 3.8) is 0 Å². The predicted molar refractivity (Wildman–Crippen MR) is 179 cm³/mol. The highest BCUT2D eigenvalue weighted by Gasteiger charge is 2.31. The van der Waals surface area contributed by atoms with Gasteiger partial charge in [-0.25, -0.2) is 0 Å². The van der Waals surface area contributed by atoms with E-state index in [0.717, 1.165) is 63.6 Å². The highest BCUT2D eigenvalue weighted by Crippen LogP contribution is 2.57. The number of benzene rings is 6. The van der Waals surface area contributed by atoms with Gasteiger partial charge in [0.1, 0.15) is 5.75 Å². The number of phenolic OH excluding ortho intramolecular Hbond substituents is 4. The van der Waals surface area contributed by atoms with Gasteiger partial charge in [-0.15, -0.1) is 0 Å². The molecule has 6 aromatic carbocycles. The summed E-state index contributed by atoms with van der Waals surface area (Å²) in [5.41, 5.74) is 10.2. The lowest BCUT2D eigenvalue weighted by atomic mass is 9.74. The molecule has 7 rings (SSSR count). The topological polar surface area (TPSA) is 80.9 Å². The summed E-state index contributed by atoms with van der Waals surface area (Å²) in [7, 11) is 0. The maximum absolute atomic E-state index is 12.1. The van der Waals surface area contributed by atoms with Crippen molar-refractivity contribution >= 4 is 21.5 Å². The standard InChI is InChI=1S/C40H36O4/c1-21-22(2)31-33(26-14-6-5-7-15-26)35-32(24(4)38(42)40(44)39(35)43)34(36(31)37(41)23(21)3)30-19-11-10-18-29(30)28-20-12-16-25-13-8-9-17-27(25)28/h5-11,13-15,17-19,28,41-44H,12,16,20H2,1-4H3. The zero-order valence-electron chi connectivity index (χ0n) is 25.5. The summed E-state index contributed by atoms with van der Waals surface area (Å²) in [6.45, 7) is 7.77. The Balaban J connectivity index is 1.76. The minimum atomic E-state index is -0.544. The van der Waals surface area contributed by atoms with Crippen LogP contribution in [-0.4, -0.2) is 20.4 Å². The maximum Gasteiger partial charge on any atom is 0.201 e. The van der Waals surface area contributed by atoms with Crippen LogP contribution >= 0.6 is 0 Å². The highest BCUT2D eigenvalue weighted by molar-refractivity contribution is 6.27. The van der Waals surface area contributed by atoms with Crippen LogP contribution in [0.25, 0.3) is 43.8 Å². The van der Waals surface area contributed by atoms with E-state index >= 15 is 0 Å². The zero-order chi connectivity index (χ0) is 30.9. The van der Waals surface area contributed by atoms with Crippen molar-refractivity contribution in [3.05, 3.63) is 118 Å². The van der Waals surface area contributed by atoms with Gasteiger partial charge in [0.15, 0.2) is 11.5 Å². The molecule has 0 amide bonds. The molecule has 0 heterocycles. The molecule has 0 saturated heterocycles. The Kier molecular flexibility index (Phi) is 6.55. The lowest BCUT2D eigenvalue weighted by Gasteiger charge is -2.30. The summed E-state index contributed by atoms with van der Waals surface area (Å²) in [6, 6.07) is 26.8. The first kappa shape index (κ1) is 27.8. The molecule has 4 N–H and O–H groups in total. The SMILES string of the molecule is Cc1c(C)c(O)c2c(-c3ccccc3C3CCCc4ccccc43)c3c(C)c(O)c(O)c(O)c3c(-c3ccccc3)c2c1C. The Morgan fingerprint density at radius 2 is 1.11 bits per heavy atom. The van der Waals surface area contributed by atoms with Gasteiger partial charge in [-0.2, -0.15) is 0 Å². The number of fused-ring (bicyclic) bond motifs is 3. The molecule has 0 radical (unpaired) electrons. The van der Waals surface area contributed by atoms with Crippen LogP contribution in [0.5, 0.6) is 23.0 Å². The zero-order valence-corrected chi connectivity index (χ0v) is 25.5. The molecule has 220 valence electrons. The molecule has 1 aliphatic rings. The van der Waals surface area contributed by atoms with Gasteiger partial charge in [-0.1, -0.05) is 78.9 Å². The quantitative estimate of drug-likeness (QED) is 0.124. The Labute approximate surface area is 257 Å². The smallest absolute Gasteiger partial charge is 0.201 e. The second-order valence-electron chi connectivity index (χ2n) is 12.2. The fourth-order valence-corrected chi connectivity index (χ4v) is 7.60. The third-order valence-corrected chi connectivity index (χ3v) is 10.0. The van der Waals surface area contributed by atoms with Crippen LogP contribution in [0, 0.1) is 27.7 Å². The summed E-state index contributed by atoms with van der Waals surface area (Å²) < 4.78 is 0. The van der Waals surface area contributed by atoms with Crippen molar-refractivity contribution in [3.8, 4) is 45.3 Å². The van der Waals surface area contributed by atoms with Gasteiger partial charge >= 0.3 is 0 Å². The molecular weight excluding hydrogens is 544 g/mol. The largest absolute Gasteiger partial charge is 0.507 e. The maximum atomic E-state index is 12.1. The van der Waals surface area contributed by atoms with Crippen LogP contribution in [0.1, 0.15) is 57.7 Å². The molecule has 0 aromatic heterocycles. The van der Waals surface area contributed by atoms with E-state index in [2.05, 4.69) is 49.4 Å². The number of aromatic hydroxyl groups is 4. The van der Waals surface area contributed by atoms with Crippen LogP contribution in [0.2, 0.25) is 0 Å². The molecule has 6 aromatic rings. The van der Waals surface area contributed by atoms with E-state index < -0.39 is 5.75 Å². The normalized spacial score (nSPS) is 14.7. The summed E-state index contributed by atoms with van der Waals surface area (Å²) in [5, 5.41) is 48.6. The van der Waals surface area contributed by atoms with Gasteiger partial charge in [0.25, 0.3) is 0 Å². The van der Waals surface area contributed by atoms with Crippen molar-refractivity contribution in [2.75, 3.05) is 0 Å². The van der Waals surface area contributed by atoms with E-state index in [0.29, 0.717) is 27.3 Å². The first-order valence-corrected chi connectivity index (χ1v) is 15.3. The second-order valence-corrected chi connectivity index (χ2v) is 12.2. The Bertz CT molecular complexity index is 2040. The second kappa shape index (κ2) is 10.3. The number of hydrogen-bond donors (Lipinski definition) is 4. The average molecular weight is 581 g/mol. The molecule has 0 saturated carbocycles. The van der Waals surface area contributed by atoms with Gasteiger partial charge in [0, 0.05) is 38.8 Å². The van der Waals surface area contributed by atoms with E-state index in [9.17, 15) is 20.4 Å². The molecule has 4 heteroatoms. The lowest BCUT2D eigenvalue weighted by molar-refractivity contribution is 0.370. The molecule has 1 aliphatic carbocycles. The molecule has 1 atom stereocenters. The van der Waals surface area contributed by atoms with Crippen molar-refractivity contribution in [1.29, 1.82) is 0 Å². The lowest BCUT2D eigenvalue weighted by Crippen LogP contribution is -2.12. The van der Waals surface area contributed by atoms with E-state index in [1.54, 1.807) is 6.92 Å². The fourth-order valence-electron chi connectivity index (χ4n) is 7.60. The van der Waals surface area contributed by atoms with E-state index in [1.807, 2.05) is 50.2 Å². The van der Waals surface area contributed by atoms with Crippen LogP contribution in [0.15, 0.2) is 78.9 Å². The molecule has 0 spiro atoms. The highest BCUT2D eigenvalue weighted by atomic mass is 16.3. The summed E-state index contributed by atoms with van der Waals surface area (Å²) in [4.78, 5) is 0. The molecule has 0 aliphatic heterocycles. The first-order chi connectivity index (χ1) is 21.2. The molecule has 44 heavy (non-hydrogen) atoms. The van der Waals surface area contributed by atoms with Crippen molar-refractivity contribution in [2.24, 2.45) is 0 Å². The number of hydrogen-bond acceptors (Lipinski definition) is 4. The summed E-state index contributed by atoms with van der Waals surface area (Å²) in [6.07, 6.45) is 3.11. The Morgan fingerprint density at radius 3 is 1.86 bits per heavy atom. The minimum absolute atomic E-state index is 0.143. The van der Waals surface area contributed by atoms with Crippen molar-refractivity contribution in [2.45, 2.75) is 52.9 Å². The van der Waals surface area contributed by atoms with E-state index in [-0.39, 0.29) is 23.2 Å². The molecule has 1 unspecified atom stereocenters. The number of phenols is 4. The summed E-state index contributed by atoms with van der Waals surface area (Å²) in [5.74, 6) is -0.956. The molecule has 0 bridgehead atoms. The Morgan fingerprint density at radius 1 is 0.500 bits per heavy atom. The summed E-state index contributed by atoms with van der Waals surface area (Å²) >= 11 is 0. The van der Waals surface area contributed by atoms with Gasteiger partial charge in [-0.05, 0) is 96.9 Å². The van der Waals surface area contributed by atoms with Crippen LogP contribution in [0.3, 0.4) is 0 Å². The van der Waals surface area contributed by atoms with Crippen molar-refractivity contribution < 1.29 is 20.4 Å². The third kappa shape index (κ3) is 3.90. The van der Waals surface area contributed by atoms with Gasteiger partial charge in [0.2, 0.25) is 5.75 Å². The van der Waals surface area contributed by atoms with Gasteiger partial charge in [0.05, 0.1) is 0 Å². The predicted octanol–water partition coefficient (Wildman–Crippen LogP) is 9.85. The van der Waals surface area contributed by atoms with Crippen LogP contribution in [-0.2, 0) is 6.42 Å². The van der Waals surface area contributed by atoms with Crippen LogP contribution in [0.4, 0.5) is 0 Å². The third-order valence-electron chi connectivity index (χ3n) is 10.0. The number of rotatable bonds is 3. The first-order valence-electron chi connectivity index (χ1n) is 15.3. The fraction of sp³-hybridized carbons (Fsp3) is 0.200. The van der Waals surface area contributed by atoms with Gasteiger partial charge < -0.3 is 20.4 Å². The molecule has 0 fully saturated rings. The van der Waals surface area contributed by atoms with Gasteiger partial charge in [-0.3, -0.25) is 0 Å². The van der Waals surface area contributed by atoms with E-state index in [1.165, 1.54) is 11.1 Å². The van der Waals surface area contributed by atoms with E-state index in [4.69, 9.17) is 0 Å². The molecular formula is C40H36O4. The monoisotopic (exact) mass is 580 g/mol. The molecule has 4 nitrogen and oxygen atoms in total. The van der Waals surface area contributed by atoms with Crippen LogP contribution < -0.4 is 0 Å². The van der Waals surface area contributed by atoms with Crippen molar-refractivity contribution in [1.82, 2.24) is 0 Å². The minimum Gasteiger partial charge on any atom is -0.507 e. The number of aryl methyl sites for hydroxylation is 3. The Hall–Kier alpha value is -4.96.